The molecule has 1 aromatic rings. The van der Waals surface area contributed by atoms with Crippen LogP contribution >= 0.6 is 0 Å². The van der Waals surface area contributed by atoms with E-state index in [9.17, 15) is 19.2 Å². The first-order valence-corrected chi connectivity index (χ1v) is 5.69. The highest BCUT2D eigenvalue weighted by Crippen LogP contribution is 2.15. The molecule has 0 spiro atoms. The Bertz CT molecular complexity index is 613. The molecule has 5 amide bonds. The number of urea groups is 1. The summed E-state index contributed by atoms with van der Waals surface area (Å²) in [5, 5.41) is 0. The van der Waals surface area contributed by atoms with Gasteiger partial charge in [0.1, 0.15) is 0 Å². The van der Waals surface area contributed by atoms with Crippen LogP contribution in [0.25, 0.3) is 0 Å². The topological polar surface area (TPSA) is 113 Å². The summed E-state index contributed by atoms with van der Waals surface area (Å²) in [5.41, 5.74) is 2.82. The molecule has 0 bridgehead atoms. The van der Waals surface area contributed by atoms with E-state index in [1.165, 1.54) is 19.2 Å². The lowest BCUT2D eigenvalue weighted by molar-refractivity contribution is -0.143. The van der Waals surface area contributed by atoms with Crippen LogP contribution in [0.5, 0.6) is 0 Å². The number of hydrazine groups is 1. The van der Waals surface area contributed by atoms with Gasteiger partial charge in [-0.1, -0.05) is 12.1 Å². The van der Waals surface area contributed by atoms with Crippen molar-refractivity contribution in [2.75, 3.05) is 7.05 Å². The van der Waals surface area contributed by atoms with Gasteiger partial charge in [0.2, 0.25) is 0 Å². The maximum absolute atomic E-state index is 11.7. The summed E-state index contributed by atoms with van der Waals surface area (Å²) in [6, 6.07) is 5.57. The van der Waals surface area contributed by atoms with Crippen LogP contribution in [0.3, 0.4) is 0 Å². The molecule has 8 nitrogen and oxygen atoms in total. The van der Waals surface area contributed by atoms with Gasteiger partial charge in [-0.25, -0.2) is 10.6 Å². The largest absolute Gasteiger partial charge is 0.334 e. The van der Waals surface area contributed by atoms with Crippen molar-refractivity contribution in [1.82, 2.24) is 15.2 Å². The van der Waals surface area contributed by atoms with E-state index in [0.29, 0.717) is 11.1 Å². The van der Waals surface area contributed by atoms with Crippen molar-refractivity contribution >= 4 is 23.8 Å². The minimum Gasteiger partial charge on any atom is -0.290 e. The molecule has 0 radical (unpaired) electrons. The molecule has 1 aromatic carbocycles. The summed E-state index contributed by atoms with van der Waals surface area (Å²) in [7, 11) is 1.24. The van der Waals surface area contributed by atoms with Gasteiger partial charge in [-0.2, -0.15) is 0 Å². The summed E-state index contributed by atoms with van der Waals surface area (Å²) in [4.78, 5) is 47.7. The molecule has 1 saturated heterocycles. The van der Waals surface area contributed by atoms with Crippen LogP contribution < -0.4 is 11.3 Å². The lowest BCUT2D eigenvalue weighted by atomic mass is 10.1. The van der Waals surface area contributed by atoms with Crippen LogP contribution in [0.2, 0.25) is 0 Å². The van der Waals surface area contributed by atoms with Crippen LogP contribution in [0.1, 0.15) is 15.9 Å². The zero-order valence-corrected chi connectivity index (χ0v) is 10.6. The van der Waals surface area contributed by atoms with Crippen LogP contribution in [0.15, 0.2) is 24.3 Å². The first-order chi connectivity index (χ1) is 9.45. The molecule has 2 rings (SSSR count). The monoisotopic (exact) mass is 276 g/mol. The average Bonchev–Trinajstić information content (AvgIpc) is 2.64. The van der Waals surface area contributed by atoms with Crippen LogP contribution in [-0.2, 0) is 16.1 Å². The number of amides is 5. The summed E-state index contributed by atoms with van der Waals surface area (Å²) >= 11 is 0. The van der Waals surface area contributed by atoms with Gasteiger partial charge in [0, 0.05) is 12.6 Å². The lowest BCUT2D eigenvalue weighted by Crippen LogP contribution is -2.32. The molecule has 8 heteroatoms. The number of imide groups is 2. The van der Waals surface area contributed by atoms with Gasteiger partial charge >= 0.3 is 17.8 Å². The molecule has 1 aliphatic heterocycles. The number of carbonyl (C=O) groups is 4. The fourth-order valence-electron chi connectivity index (χ4n) is 1.83. The number of carbonyl (C=O) groups excluding carboxylic acids is 4. The fraction of sp³-hybridized carbons (Fsp3) is 0.167. The third kappa shape index (κ3) is 2.24. The maximum Gasteiger partial charge on any atom is 0.334 e. The molecule has 0 atom stereocenters. The molecular formula is C12H12N4O4. The summed E-state index contributed by atoms with van der Waals surface area (Å²) in [6.07, 6.45) is 0. The van der Waals surface area contributed by atoms with Crippen molar-refractivity contribution < 1.29 is 19.2 Å². The van der Waals surface area contributed by atoms with Crippen LogP contribution in [0, 0.1) is 0 Å². The highest BCUT2D eigenvalue weighted by atomic mass is 16.2. The third-order valence-corrected chi connectivity index (χ3v) is 2.91. The predicted molar refractivity (Wildman–Crippen MR) is 66.8 cm³/mol. The Kier molecular flexibility index (Phi) is 3.49. The molecule has 0 aromatic heterocycles. The minimum atomic E-state index is -0.883. The smallest absolute Gasteiger partial charge is 0.290 e. The van der Waals surface area contributed by atoms with E-state index in [1.54, 1.807) is 12.1 Å². The number of hydrogen-bond acceptors (Lipinski definition) is 5. The minimum absolute atomic E-state index is 0.0839. The molecule has 0 unspecified atom stereocenters. The van der Waals surface area contributed by atoms with E-state index >= 15 is 0 Å². The number of benzene rings is 1. The first-order valence-electron chi connectivity index (χ1n) is 5.69. The quantitative estimate of drug-likeness (QED) is 0.247. The van der Waals surface area contributed by atoms with Crippen LogP contribution in [-0.4, -0.2) is 40.6 Å². The van der Waals surface area contributed by atoms with Crippen molar-refractivity contribution in [2.24, 2.45) is 5.84 Å². The highest BCUT2D eigenvalue weighted by Gasteiger charge is 2.41. The molecule has 1 aliphatic rings. The number of nitrogen functional groups attached to an aromatic ring is 1. The second kappa shape index (κ2) is 5.10. The molecule has 0 saturated carbocycles. The van der Waals surface area contributed by atoms with Gasteiger partial charge in [0.05, 0.1) is 6.54 Å². The van der Waals surface area contributed by atoms with E-state index in [-0.39, 0.29) is 6.54 Å². The highest BCUT2D eigenvalue weighted by molar-refractivity contribution is 6.44. The van der Waals surface area contributed by atoms with Gasteiger partial charge in [-0.15, -0.1) is 0 Å². The van der Waals surface area contributed by atoms with Gasteiger partial charge < -0.3 is 0 Å². The Morgan fingerprint density at radius 1 is 1.25 bits per heavy atom. The molecule has 104 valence electrons. The second-order valence-electron chi connectivity index (χ2n) is 4.21. The van der Waals surface area contributed by atoms with Crippen molar-refractivity contribution in [3.63, 3.8) is 0 Å². The Morgan fingerprint density at radius 2 is 1.95 bits per heavy atom. The number of likely N-dealkylation sites (N-methyl/N-ethyl adjacent to an activating group) is 1. The van der Waals surface area contributed by atoms with Crippen molar-refractivity contribution in [3.8, 4) is 0 Å². The van der Waals surface area contributed by atoms with Crippen molar-refractivity contribution in [3.05, 3.63) is 35.4 Å². The molecule has 1 heterocycles. The molecule has 0 aliphatic carbocycles. The van der Waals surface area contributed by atoms with Gasteiger partial charge in [-0.05, 0) is 17.7 Å². The van der Waals surface area contributed by atoms with Crippen LogP contribution in [0.4, 0.5) is 4.79 Å². The molecule has 20 heavy (non-hydrogen) atoms. The van der Waals surface area contributed by atoms with E-state index in [0.717, 1.165) is 9.80 Å². The zero-order valence-electron chi connectivity index (χ0n) is 10.6. The van der Waals surface area contributed by atoms with Gasteiger partial charge in [0.25, 0.3) is 5.91 Å². The van der Waals surface area contributed by atoms with Gasteiger partial charge in [-0.3, -0.25) is 29.6 Å². The number of rotatable bonds is 3. The zero-order chi connectivity index (χ0) is 14.9. The fourth-order valence-corrected chi connectivity index (χ4v) is 1.83. The SMILES string of the molecule is CN1C(=O)C(=O)N(Cc2cccc(C(=O)NN)c2)C1=O. The summed E-state index contributed by atoms with van der Waals surface area (Å²) in [6.45, 7) is -0.0839. The second-order valence-corrected chi connectivity index (χ2v) is 4.21. The Hall–Kier alpha value is -2.74. The number of hydrogen-bond donors (Lipinski definition) is 2. The normalized spacial score (nSPS) is 15.0. The third-order valence-electron chi connectivity index (χ3n) is 2.91. The van der Waals surface area contributed by atoms with E-state index in [1.807, 2.05) is 5.43 Å². The number of nitrogens with one attached hydrogen (secondary N) is 1. The predicted octanol–water partition coefficient (Wildman–Crippen LogP) is -0.789. The number of nitrogens with zero attached hydrogens (tertiary/aromatic N) is 2. The first kappa shape index (κ1) is 13.7. The van der Waals surface area contributed by atoms with Gasteiger partial charge in [0.15, 0.2) is 0 Å². The average molecular weight is 276 g/mol. The summed E-state index contributed by atoms with van der Waals surface area (Å²) < 4.78 is 0. The van der Waals surface area contributed by atoms with E-state index in [4.69, 9.17) is 5.84 Å². The van der Waals surface area contributed by atoms with Crippen molar-refractivity contribution in [2.45, 2.75) is 6.54 Å². The Morgan fingerprint density at radius 3 is 2.50 bits per heavy atom. The molecule has 3 N–H and O–H groups in total. The van der Waals surface area contributed by atoms with E-state index in [2.05, 4.69) is 0 Å². The number of nitrogens with two attached hydrogens (primary N) is 1. The standard InChI is InChI=1S/C12H12N4O4/c1-15-10(18)11(19)16(12(15)20)6-7-3-2-4-8(5-7)9(17)14-13/h2-5H,6,13H2,1H3,(H,14,17). The van der Waals surface area contributed by atoms with Crippen molar-refractivity contribution in [1.29, 1.82) is 0 Å². The summed E-state index contributed by atoms with van der Waals surface area (Å²) in [5.74, 6) is 2.79. The Balaban J connectivity index is 2.23. The molecular weight excluding hydrogens is 264 g/mol. The lowest BCUT2D eigenvalue weighted by Gasteiger charge is -2.13. The molecule has 1 fully saturated rings. The Labute approximate surface area is 114 Å². The maximum atomic E-state index is 11.7. The van der Waals surface area contributed by atoms with E-state index < -0.39 is 23.8 Å².